The number of rotatable bonds is 5. The second kappa shape index (κ2) is 7.00. The normalized spacial score (nSPS) is 11.5. The fraction of sp³-hybridized carbons (Fsp3) is 0.188. The fourth-order valence-electron chi connectivity index (χ4n) is 2.50. The number of anilines is 1. The summed E-state index contributed by atoms with van der Waals surface area (Å²) < 4.78 is 33.1. The number of halogens is 3. The summed E-state index contributed by atoms with van der Waals surface area (Å²) in [5, 5.41) is 13.4. The first-order valence-corrected chi connectivity index (χ1v) is 8.06. The molecule has 0 radical (unpaired) electrons. The molecule has 2 aromatic heterocycles. The van der Waals surface area contributed by atoms with Gasteiger partial charge in [0.2, 0.25) is 0 Å². The average Bonchev–Trinajstić information content (AvgIpc) is 3.04. The Balaban J connectivity index is 1.98. The van der Waals surface area contributed by atoms with E-state index in [9.17, 15) is 23.7 Å². The van der Waals surface area contributed by atoms with Crippen LogP contribution in [0.2, 0.25) is 0 Å². The van der Waals surface area contributed by atoms with E-state index in [-0.39, 0.29) is 34.2 Å². The first-order valence-electron chi connectivity index (χ1n) is 7.68. The lowest BCUT2D eigenvalue weighted by atomic mass is 10.2. The molecule has 0 atom stereocenters. The third-order valence-electron chi connectivity index (χ3n) is 3.72. The van der Waals surface area contributed by atoms with E-state index in [1.807, 2.05) is 0 Å². The third kappa shape index (κ3) is 3.69. The van der Waals surface area contributed by atoms with Crippen LogP contribution in [0.1, 0.15) is 21.9 Å². The number of carbonyl (C=O) groups excluding carboxylic acids is 1. The smallest absolute Gasteiger partial charge is 0.364 e. The molecule has 12 heteroatoms. The van der Waals surface area contributed by atoms with Crippen LogP contribution in [-0.2, 0) is 5.38 Å². The van der Waals surface area contributed by atoms with Gasteiger partial charge in [-0.25, -0.2) is 9.50 Å². The second-order valence-corrected chi connectivity index (χ2v) is 6.15. The Kier molecular flexibility index (Phi) is 4.86. The molecular formula is C16H12ClF2N5O4. The van der Waals surface area contributed by atoms with Crippen LogP contribution in [0, 0.1) is 17.0 Å². The van der Waals surface area contributed by atoms with Crippen molar-refractivity contribution in [3.05, 3.63) is 57.5 Å². The van der Waals surface area contributed by atoms with Crippen LogP contribution < -0.4 is 10.1 Å². The van der Waals surface area contributed by atoms with Crippen LogP contribution in [0.3, 0.4) is 0 Å². The molecule has 3 aromatic rings. The van der Waals surface area contributed by atoms with Gasteiger partial charge in [0, 0.05) is 17.8 Å². The molecule has 9 nitrogen and oxygen atoms in total. The number of ether oxygens (including phenoxy) is 1. The molecule has 2 heterocycles. The van der Waals surface area contributed by atoms with Crippen molar-refractivity contribution < 1.29 is 23.2 Å². The van der Waals surface area contributed by atoms with Gasteiger partial charge in [-0.05, 0) is 30.7 Å². The number of carbonyl (C=O) groups is 1. The number of nitro groups is 1. The summed E-state index contributed by atoms with van der Waals surface area (Å²) in [6.45, 7) is 1.50. The molecule has 0 spiro atoms. The van der Waals surface area contributed by atoms with Crippen molar-refractivity contribution in [2.24, 2.45) is 0 Å². The molecule has 146 valence electrons. The van der Waals surface area contributed by atoms with Crippen LogP contribution >= 0.6 is 11.6 Å². The molecule has 0 aliphatic rings. The number of nitrogens with one attached hydrogen (secondary N) is 1. The zero-order valence-corrected chi connectivity index (χ0v) is 15.2. The van der Waals surface area contributed by atoms with E-state index in [0.717, 1.165) is 16.6 Å². The van der Waals surface area contributed by atoms with Gasteiger partial charge in [0.15, 0.2) is 11.3 Å². The lowest BCUT2D eigenvalue weighted by Gasteiger charge is -2.10. The Morgan fingerprint density at radius 1 is 1.36 bits per heavy atom. The molecule has 0 saturated carbocycles. The van der Waals surface area contributed by atoms with E-state index in [1.165, 1.54) is 32.2 Å². The number of aromatic nitrogens is 3. The molecule has 3 rings (SSSR count). The van der Waals surface area contributed by atoms with Gasteiger partial charge in [0.05, 0.1) is 23.8 Å². The number of aryl methyl sites for hydroxylation is 1. The molecule has 28 heavy (non-hydrogen) atoms. The lowest BCUT2D eigenvalue weighted by molar-refractivity contribution is -0.384. The molecule has 1 N–H and O–H groups in total. The first-order chi connectivity index (χ1) is 13.1. The number of non-ortho nitro benzene ring substituents is 1. The highest BCUT2D eigenvalue weighted by molar-refractivity contribution is 6.21. The molecule has 0 aliphatic heterocycles. The molecule has 0 saturated heterocycles. The number of alkyl halides is 3. The predicted octanol–water partition coefficient (Wildman–Crippen LogP) is 3.49. The fourth-order valence-corrected chi connectivity index (χ4v) is 2.63. The van der Waals surface area contributed by atoms with Crippen LogP contribution in [0.25, 0.3) is 5.65 Å². The van der Waals surface area contributed by atoms with E-state index >= 15 is 0 Å². The summed E-state index contributed by atoms with van der Waals surface area (Å²) in [5.41, 5.74) is -0.648. The largest absolute Gasteiger partial charge is 0.494 e. The molecule has 1 aromatic carbocycles. The SMILES string of the molecule is COc1cc([N+](=O)[O-])ccc1NC(=O)c1cc2nc(C)cc(C(F)(F)Cl)n2n1. The standard InChI is InChI=1S/C16H12ClF2N5O4/c1-8-5-13(16(17,18)19)23-14(20-8)7-11(22-23)15(25)21-10-4-3-9(24(26)27)6-12(10)28-2/h3-7H,1-2H3,(H,21,25). The number of hydrogen-bond donors (Lipinski definition) is 1. The van der Waals surface area contributed by atoms with Crippen LogP contribution in [0.5, 0.6) is 5.75 Å². The van der Waals surface area contributed by atoms with Gasteiger partial charge < -0.3 is 10.1 Å². The molecular weight excluding hydrogens is 400 g/mol. The molecule has 0 bridgehead atoms. The second-order valence-electron chi connectivity index (χ2n) is 5.68. The van der Waals surface area contributed by atoms with Crippen molar-refractivity contribution in [2.75, 3.05) is 12.4 Å². The zero-order valence-electron chi connectivity index (χ0n) is 14.4. The minimum absolute atomic E-state index is 0.0103. The van der Waals surface area contributed by atoms with Gasteiger partial charge in [0.1, 0.15) is 11.4 Å². The van der Waals surface area contributed by atoms with Gasteiger partial charge in [-0.2, -0.15) is 13.9 Å². The van der Waals surface area contributed by atoms with E-state index in [4.69, 9.17) is 16.3 Å². The summed E-state index contributed by atoms with van der Waals surface area (Å²) in [4.78, 5) is 26.8. The number of fused-ring (bicyclic) bond motifs is 1. The summed E-state index contributed by atoms with van der Waals surface area (Å²) in [6, 6.07) is 5.88. The van der Waals surface area contributed by atoms with Crippen molar-refractivity contribution in [1.29, 1.82) is 0 Å². The highest BCUT2D eigenvalue weighted by Gasteiger charge is 2.32. The lowest BCUT2D eigenvalue weighted by Crippen LogP contribution is -2.15. The van der Waals surface area contributed by atoms with E-state index in [0.29, 0.717) is 0 Å². The molecule has 0 unspecified atom stereocenters. The maximum absolute atomic E-state index is 13.6. The minimum Gasteiger partial charge on any atom is -0.494 e. The maximum Gasteiger partial charge on any atom is 0.364 e. The number of nitrogens with zero attached hydrogens (tertiary/aromatic N) is 4. The van der Waals surface area contributed by atoms with Gasteiger partial charge in [0.25, 0.3) is 11.6 Å². The van der Waals surface area contributed by atoms with E-state index in [2.05, 4.69) is 15.4 Å². The number of nitro benzene ring substituents is 1. The average molecular weight is 412 g/mol. The predicted molar refractivity (Wildman–Crippen MR) is 95.1 cm³/mol. The summed E-state index contributed by atoms with van der Waals surface area (Å²) in [5.74, 6) is -0.701. The molecule has 1 amide bonds. The summed E-state index contributed by atoms with van der Waals surface area (Å²) in [7, 11) is 1.28. The molecule has 0 aliphatic carbocycles. The van der Waals surface area contributed by atoms with Crippen LogP contribution in [-0.4, -0.2) is 32.5 Å². The Bertz CT molecular complexity index is 1100. The van der Waals surface area contributed by atoms with Gasteiger partial charge in [-0.3, -0.25) is 14.9 Å². The van der Waals surface area contributed by atoms with Gasteiger partial charge in [-0.15, -0.1) is 0 Å². The summed E-state index contributed by atoms with van der Waals surface area (Å²) in [6.07, 6.45) is 0. The van der Waals surface area contributed by atoms with Crippen LogP contribution in [0.4, 0.5) is 20.2 Å². The quantitative estimate of drug-likeness (QED) is 0.390. The van der Waals surface area contributed by atoms with Crippen molar-refractivity contribution in [2.45, 2.75) is 12.3 Å². The third-order valence-corrected chi connectivity index (χ3v) is 3.92. The van der Waals surface area contributed by atoms with Crippen LogP contribution in [0.15, 0.2) is 30.3 Å². The summed E-state index contributed by atoms with van der Waals surface area (Å²) >= 11 is 5.11. The first kappa shape index (κ1) is 19.4. The zero-order chi connectivity index (χ0) is 20.6. The van der Waals surface area contributed by atoms with E-state index < -0.39 is 21.9 Å². The number of benzene rings is 1. The van der Waals surface area contributed by atoms with E-state index in [1.54, 1.807) is 0 Å². The Morgan fingerprint density at radius 2 is 2.07 bits per heavy atom. The maximum atomic E-state index is 13.6. The Hall–Kier alpha value is -3.34. The van der Waals surface area contributed by atoms with Gasteiger partial charge in [-0.1, -0.05) is 0 Å². The Morgan fingerprint density at radius 3 is 2.68 bits per heavy atom. The number of hydrogen-bond acceptors (Lipinski definition) is 6. The minimum atomic E-state index is -3.71. The highest BCUT2D eigenvalue weighted by Crippen LogP contribution is 2.33. The number of amides is 1. The highest BCUT2D eigenvalue weighted by atomic mass is 35.5. The van der Waals surface area contributed by atoms with Crippen molar-refractivity contribution in [3.63, 3.8) is 0 Å². The van der Waals surface area contributed by atoms with Crippen molar-refractivity contribution in [1.82, 2.24) is 14.6 Å². The van der Waals surface area contributed by atoms with Crippen molar-refractivity contribution >= 4 is 34.5 Å². The number of methoxy groups -OCH3 is 1. The molecule has 0 fully saturated rings. The van der Waals surface area contributed by atoms with Crippen molar-refractivity contribution in [3.8, 4) is 5.75 Å². The Labute approximate surface area is 161 Å². The monoisotopic (exact) mass is 411 g/mol. The topological polar surface area (TPSA) is 112 Å². The van der Waals surface area contributed by atoms with Gasteiger partial charge >= 0.3 is 5.38 Å².